The lowest BCUT2D eigenvalue weighted by molar-refractivity contribution is -0.384. The first kappa shape index (κ1) is 14.6. The van der Waals surface area contributed by atoms with Gasteiger partial charge in [0.1, 0.15) is 17.4 Å². The fourth-order valence-corrected chi connectivity index (χ4v) is 2.38. The van der Waals surface area contributed by atoms with Crippen LogP contribution in [0.1, 0.15) is 24.3 Å². The number of nitriles is 1. The predicted molar refractivity (Wildman–Crippen MR) is 86.1 cm³/mol. The average Bonchev–Trinajstić information content (AvgIpc) is 2.99. The number of anilines is 1. The number of furan rings is 1. The quantitative estimate of drug-likeness (QED) is 0.570. The summed E-state index contributed by atoms with van der Waals surface area (Å²) in [4.78, 5) is 10.3. The molecule has 6 nitrogen and oxygen atoms in total. The third kappa shape index (κ3) is 2.85. The number of nitrogens with zero attached hydrogens (tertiary/aromatic N) is 2. The highest BCUT2D eigenvalue weighted by Gasteiger charge is 2.15. The lowest BCUT2D eigenvalue weighted by atomic mass is 10.1. The largest absolute Gasteiger partial charge is 0.459 e. The van der Waals surface area contributed by atoms with Crippen LogP contribution in [0.5, 0.6) is 0 Å². The van der Waals surface area contributed by atoms with Gasteiger partial charge < -0.3 is 9.73 Å². The van der Waals surface area contributed by atoms with E-state index in [1.165, 1.54) is 18.2 Å². The van der Waals surface area contributed by atoms with Crippen LogP contribution in [-0.4, -0.2) is 4.92 Å². The molecule has 0 spiro atoms. The Labute approximate surface area is 132 Å². The Balaban J connectivity index is 1.89. The second-order valence-electron chi connectivity index (χ2n) is 5.15. The first-order valence-corrected chi connectivity index (χ1v) is 7.02. The molecule has 3 aromatic rings. The summed E-state index contributed by atoms with van der Waals surface area (Å²) in [6.07, 6.45) is 0. The van der Waals surface area contributed by atoms with Gasteiger partial charge in [-0.25, -0.2) is 0 Å². The molecule has 1 aromatic heterocycles. The van der Waals surface area contributed by atoms with Gasteiger partial charge in [0.2, 0.25) is 0 Å². The first-order valence-electron chi connectivity index (χ1n) is 7.02. The minimum atomic E-state index is -0.521. The van der Waals surface area contributed by atoms with Gasteiger partial charge in [-0.1, -0.05) is 18.2 Å². The summed E-state index contributed by atoms with van der Waals surface area (Å²) in [6.45, 7) is 1.90. The third-order valence-corrected chi connectivity index (χ3v) is 3.58. The van der Waals surface area contributed by atoms with Crippen LogP contribution >= 0.6 is 0 Å². The molecule has 0 unspecified atom stereocenters. The maximum absolute atomic E-state index is 10.8. The highest BCUT2D eigenvalue weighted by molar-refractivity contribution is 5.78. The number of non-ortho nitro benzene ring substituents is 1. The molecular weight excluding hydrogens is 294 g/mol. The Kier molecular flexibility index (Phi) is 3.69. The molecule has 0 aliphatic carbocycles. The van der Waals surface area contributed by atoms with Crippen LogP contribution in [0.2, 0.25) is 0 Å². The number of rotatable bonds is 4. The zero-order valence-corrected chi connectivity index (χ0v) is 12.3. The lowest BCUT2D eigenvalue weighted by Gasteiger charge is -2.13. The Bertz CT molecular complexity index is 891. The van der Waals surface area contributed by atoms with Crippen molar-refractivity contribution in [3.63, 3.8) is 0 Å². The number of fused-ring (bicyclic) bond motifs is 1. The third-order valence-electron chi connectivity index (χ3n) is 3.58. The van der Waals surface area contributed by atoms with Crippen LogP contribution in [0, 0.1) is 21.4 Å². The Morgan fingerprint density at radius 1 is 1.26 bits per heavy atom. The monoisotopic (exact) mass is 307 g/mol. The van der Waals surface area contributed by atoms with Crippen LogP contribution in [-0.2, 0) is 0 Å². The van der Waals surface area contributed by atoms with Crippen LogP contribution in [0.3, 0.4) is 0 Å². The van der Waals surface area contributed by atoms with Crippen molar-refractivity contribution >= 4 is 22.3 Å². The Morgan fingerprint density at radius 3 is 2.74 bits per heavy atom. The fourth-order valence-electron chi connectivity index (χ4n) is 2.38. The molecule has 0 aliphatic heterocycles. The molecule has 0 aliphatic rings. The summed E-state index contributed by atoms with van der Waals surface area (Å²) >= 11 is 0. The molecule has 3 rings (SSSR count). The van der Waals surface area contributed by atoms with E-state index in [9.17, 15) is 15.4 Å². The van der Waals surface area contributed by atoms with Crippen LogP contribution in [0.15, 0.2) is 52.9 Å². The van der Waals surface area contributed by atoms with E-state index < -0.39 is 4.92 Å². The standard InChI is InChI=1S/C17H13N3O3/c1-11(17-9-12-4-2-3-5-16(12)23-17)19-15-7-6-14(20(21)22)8-13(15)10-18/h2-9,11,19H,1H3/t11-/m1/s1. The van der Waals surface area contributed by atoms with Gasteiger partial charge in [0.15, 0.2) is 0 Å². The van der Waals surface area contributed by atoms with Crippen LogP contribution in [0.4, 0.5) is 11.4 Å². The smallest absolute Gasteiger partial charge is 0.270 e. The zero-order valence-electron chi connectivity index (χ0n) is 12.3. The summed E-state index contributed by atoms with van der Waals surface area (Å²) in [5.41, 5.74) is 1.44. The van der Waals surface area contributed by atoms with E-state index in [4.69, 9.17) is 4.42 Å². The van der Waals surface area contributed by atoms with E-state index >= 15 is 0 Å². The number of nitro benzene ring substituents is 1. The van der Waals surface area contributed by atoms with Crippen molar-refractivity contribution < 1.29 is 9.34 Å². The molecule has 0 saturated carbocycles. The number of nitrogens with one attached hydrogen (secondary N) is 1. The van der Waals surface area contributed by atoms with Gasteiger partial charge in [-0.2, -0.15) is 5.26 Å². The second kappa shape index (κ2) is 5.81. The lowest BCUT2D eigenvalue weighted by Crippen LogP contribution is -2.07. The van der Waals surface area contributed by atoms with E-state index in [0.717, 1.165) is 16.7 Å². The summed E-state index contributed by atoms with van der Waals surface area (Å²) in [7, 11) is 0. The SMILES string of the molecule is C[C@@H](Nc1ccc([N+](=O)[O-])cc1C#N)c1cc2ccccc2o1. The highest BCUT2D eigenvalue weighted by Crippen LogP contribution is 2.28. The molecule has 0 bridgehead atoms. The Hall–Kier alpha value is -3.33. The highest BCUT2D eigenvalue weighted by atomic mass is 16.6. The number of hydrogen-bond donors (Lipinski definition) is 1. The van der Waals surface area contributed by atoms with E-state index in [1.807, 2.05) is 43.3 Å². The van der Waals surface area contributed by atoms with Gasteiger partial charge in [-0.3, -0.25) is 10.1 Å². The minimum absolute atomic E-state index is 0.108. The molecule has 1 heterocycles. The van der Waals surface area contributed by atoms with E-state index in [2.05, 4.69) is 5.32 Å². The molecule has 0 amide bonds. The topological polar surface area (TPSA) is 92.1 Å². The summed E-state index contributed by atoms with van der Waals surface area (Å²) in [5, 5.41) is 24.1. The number of benzene rings is 2. The van der Waals surface area contributed by atoms with Gasteiger partial charge >= 0.3 is 0 Å². The Morgan fingerprint density at radius 2 is 2.04 bits per heavy atom. The van der Waals surface area contributed by atoms with E-state index in [-0.39, 0.29) is 17.3 Å². The summed E-state index contributed by atoms with van der Waals surface area (Å²) in [6, 6.07) is 15.6. The average molecular weight is 307 g/mol. The molecule has 0 radical (unpaired) electrons. The van der Waals surface area contributed by atoms with Crippen molar-refractivity contribution in [1.29, 1.82) is 5.26 Å². The molecule has 2 aromatic carbocycles. The molecule has 0 fully saturated rings. The molecule has 114 valence electrons. The number of para-hydroxylation sites is 1. The molecule has 6 heteroatoms. The van der Waals surface area contributed by atoms with Gasteiger partial charge in [0, 0.05) is 17.5 Å². The van der Waals surface area contributed by atoms with Gasteiger partial charge in [0.05, 0.1) is 22.2 Å². The van der Waals surface area contributed by atoms with Crippen molar-refractivity contribution in [3.8, 4) is 6.07 Å². The van der Waals surface area contributed by atoms with Gasteiger partial charge in [-0.15, -0.1) is 0 Å². The fraction of sp³-hybridized carbons (Fsp3) is 0.118. The maximum atomic E-state index is 10.8. The van der Waals surface area contributed by atoms with Crippen molar-refractivity contribution in [2.24, 2.45) is 0 Å². The second-order valence-corrected chi connectivity index (χ2v) is 5.15. The minimum Gasteiger partial charge on any atom is -0.459 e. The molecule has 23 heavy (non-hydrogen) atoms. The first-order chi connectivity index (χ1) is 11.1. The number of nitro groups is 1. The molecule has 1 atom stereocenters. The molecule has 0 saturated heterocycles. The van der Waals surface area contributed by atoms with Crippen LogP contribution < -0.4 is 5.32 Å². The van der Waals surface area contributed by atoms with Crippen molar-refractivity contribution in [2.75, 3.05) is 5.32 Å². The van der Waals surface area contributed by atoms with E-state index in [0.29, 0.717) is 5.69 Å². The van der Waals surface area contributed by atoms with Crippen molar-refractivity contribution in [2.45, 2.75) is 13.0 Å². The predicted octanol–water partition coefficient (Wildman–Crippen LogP) is 4.39. The zero-order chi connectivity index (χ0) is 16.4. The van der Waals surface area contributed by atoms with E-state index in [1.54, 1.807) is 0 Å². The number of hydrogen-bond acceptors (Lipinski definition) is 5. The summed E-state index contributed by atoms with van der Waals surface area (Å²) < 4.78 is 5.78. The van der Waals surface area contributed by atoms with Crippen LogP contribution in [0.25, 0.3) is 11.0 Å². The molecular formula is C17H13N3O3. The van der Waals surface area contributed by atoms with Crippen molar-refractivity contribution in [3.05, 3.63) is 70.0 Å². The van der Waals surface area contributed by atoms with Gasteiger partial charge in [-0.05, 0) is 25.1 Å². The van der Waals surface area contributed by atoms with Gasteiger partial charge in [0.25, 0.3) is 5.69 Å². The van der Waals surface area contributed by atoms with Crippen molar-refractivity contribution in [1.82, 2.24) is 0 Å². The maximum Gasteiger partial charge on any atom is 0.270 e. The normalized spacial score (nSPS) is 11.8. The molecule has 1 N–H and O–H groups in total. The summed E-state index contributed by atoms with van der Waals surface area (Å²) in [5.74, 6) is 0.730.